The Morgan fingerprint density at radius 1 is 1.68 bits per heavy atom. The molecule has 6 nitrogen and oxygen atoms in total. The van der Waals surface area contributed by atoms with Gasteiger partial charge >= 0.3 is 5.97 Å². The number of carbonyl (C=O) groups is 1. The number of rotatable bonds is 5. The molecular formula is C15H26ClNO5. The van der Waals surface area contributed by atoms with Crippen LogP contribution in [0.25, 0.3) is 0 Å². The van der Waals surface area contributed by atoms with E-state index in [1.54, 1.807) is 6.08 Å². The molecule has 4 atom stereocenters. The van der Waals surface area contributed by atoms with Crippen LogP contribution in [-0.2, 0) is 9.53 Å². The molecule has 2 rings (SSSR count). The van der Waals surface area contributed by atoms with Crippen molar-refractivity contribution in [1.29, 1.82) is 0 Å². The molecule has 0 amide bonds. The first-order chi connectivity index (χ1) is 12.6. The zero-order valence-electron chi connectivity index (χ0n) is 19.2. The summed E-state index contributed by atoms with van der Waals surface area (Å²) in [5, 5.41) is 30.7. The van der Waals surface area contributed by atoms with Crippen LogP contribution >= 0.6 is 12.4 Å². The molecule has 3 N–H and O–H groups in total. The summed E-state index contributed by atoms with van der Waals surface area (Å²) in [6, 6.07) is -0.390. The Bertz CT molecular complexity index is 640. The second kappa shape index (κ2) is 7.27. The molecule has 0 aromatic carbocycles. The highest BCUT2D eigenvalue weighted by atomic mass is 35.5. The maximum atomic E-state index is 12.6. The topological polar surface area (TPSA) is 90.2 Å². The Morgan fingerprint density at radius 2 is 2.36 bits per heavy atom. The zero-order valence-corrected chi connectivity index (χ0v) is 13.0. The smallest absolute Gasteiger partial charge is 0.341 e. The predicted molar refractivity (Wildman–Crippen MR) is 83.7 cm³/mol. The molecule has 0 bridgehead atoms. The molecule has 0 spiro atoms. The number of fused-ring (bicyclic) bond motifs is 1. The maximum Gasteiger partial charge on any atom is 0.341 e. The summed E-state index contributed by atoms with van der Waals surface area (Å²) < 4.78 is 57.8. The van der Waals surface area contributed by atoms with E-state index in [0.29, 0.717) is 25.1 Å². The van der Waals surface area contributed by atoms with Crippen LogP contribution in [0.5, 0.6) is 0 Å². The van der Waals surface area contributed by atoms with Gasteiger partial charge in [0.25, 0.3) is 0 Å². The molecule has 1 saturated heterocycles. The summed E-state index contributed by atoms with van der Waals surface area (Å²) >= 11 is 0. The van der Waals surface area contributed by atoms with E-state index in [1.165, 1.54) is 0 Å². The Balaban J connectivity index is 0.00000420. The van der Waals surface area contributed by atoms with Gasteiger partial charge in [-0.15, -0.1) is 12.4 Å². The van der Waals surface area contributed by atoms with Gasteiger partial charge in [-0.3, -0.25) is 4.90 Å². The van der Waals surface area contributed by atoms with Gasteiger partial charge in [-0.2, -0.15) is 0 Å². The Morgan fingerprint density at radius 3 is 2.95 bits per heavy atom. The zero-order chi connectivity index (χ0) is 21.7. The molecule has 2 aliphatic heterocycles. The van der Waals surface area contributed by atoms with E-state index in [2.05, 4.69) is 0 Å². The van der Waals surface area contributed by atoms with E-state index in [9.17, 15) is 20.1 Å². The van der Waals surface area contributed by atoms with E-state index in [1.807, 2.05) is 4.90 Å². The highest BCUT2D eigenvalue weighted by Crippen LogP contribution is 2.30. The van der Waals surface area contributed by atoms with Gasteiger partial charge in [-0.1, -0.05) is 19.8 Å². The van der Waals surface area contributed by atoms with E-state index < -0.39 is 56.0 Å². The van der Waals surface area contributed by atoms with Crippen LogP contribution in [0.2, 0.25) is 0 Å². The minimum absolute atomic E-state index is 0. The largest absolute Gasteiger partial charge is 0.459 e. The van der Waals surface area contributed by atoms with E-state index in [-0.39, 0.29) is 12.4 Å². The Hall–Kier alpha value is -0.660. The molecule has 2 aliphatic rings. The molecule has 128 valence electrons. The van der Waals surface area contributed by atoms with Gasteiger partial charge in [0.1, 0.15) is 6.61 Å². The molecule has 0 radical (unpaired) electrons. The SMILES string of the molecule is Cl.[2H]C([2H])([2H])C([2H])(C([2H])([2H])[2H])[C@@](O)(C(=O)OCC1=CCN2CC[C@@H](O)[C@@H]12)[C@@H](C)O. The Labute approximate surface area is 147 Å². The third kappa shape index (κ3) is 3.31. The molecule has 22 heavy (non-hydrogen) atoms. The van der Waals surface area contributed by atoms with Crippen LogP contribution in [0.15, 0.2) is 11.6 Å². The van der Waals surface area contributed by atoms with Crippen molar-refractivity contribution in [3.8, 4) is 0 Å². The number of carbonyl (C=O) groups excluding carboxylic acids is 1. The van der Waals surface area contributed by atoms with Crippen molar-refractivity contribution >= 4 is 18.4 Å². The molecule has 0 unspecified atom stereocenters. The van der Waals surface area contributed by atoms with Crippen molar-refractivity contribution in [2.75, 3.05) is 19.7 Å². The second-order valence-electron chi connectivity index (χ2n) is 5.47. The third-order valence-electron chi connectivity index (χ3n) is 4.10. The van der Waals surface area contributed by atoms with Crippen LogP contribution in [0.4, 0.5) is 0 Å². The lowest BCUT2D eigenvalue weighted by Gasteiger charge is -2.32. The van der Waals surface area contributed by atoms with Gasteiger partial charge in [0.15, 0.2) is 5.60 Å². The van der Waals surface area contributed by atoms with Gasteiger partial charge in [0.05, 0.1) is 18.2 Å². The van der Waals surface area contributed by atoms with Crippen molar-refractivity contribution in [1.82, 2.24) is 4.90 Å². The fraction of sp³-hybridized carbons (Fsp3) is 0.800. The van der Waals surface area contributed by atoms with Crippen molar-refractivity contribution in [3.63, 3.8) is 0 Å². The highest BCUT2D eigenvalue weighted by molar-refractivity contribution is 5.85. The molecule has 0 aromatic rings. The van der Waals surface area contributed by atoms with Crippen molar-refractivity contribution in [2.45, 2.75) is 50.9 Å². The van der Waals surface area contributed by atoms with Crippen LogP contribution in [0.3, 0.4) is 0 Å². The summed E-state index contributed by atoms with van der Waals surface area (Å²) in [4.78, 5) is 14.6. The first-order valence-corrected chi connectivity index (χ1v) is 6.77. The van der Waals surface area contributed by atoms with Gasteiger partial charge < -0.3 is 20.1 Å². The number of aliphatic hydroxyl groups excluding tert-OH is 2. The summed E-state index contributed by atoms with van der Waals surface area (Å²) in [7, 11) is 0. The van der Waals surface area contributed by atoms with Crippen LogP contribution in [-0.4, -0.2) is 69.7 Å². The van der Waals surface area contributed by atoms with E-state index >= 15 is 0 Å². The lowest BCUT2D eigenvalue weighted by atomic mass is 9.85. The number of halogens is 1. The van der Waals surface area contributed by atoms with Gasteiger partial charge in [-0.05, 0) is 24.8 Å². The summed E-state index contributed by atoms with van der Waals surface area (Å²) in [5.74, 6) is -5.46. The minimum atomic E-state index is -3.73. The third-order valence-corrected chi connectivity index (χ3v) is 4.10. The van der Waals surface area contributed by atoms with Crippen molar-refractivity contribution < 1.29 is 34.4 Å². The fourth-order valence-corrected chi connectivity index (χ4v) is 2.76. The second-order valence-corrected chi connectivity index (χ2v) is 5.47. The first kappa shape index (κ1) is 11.0. The van der Waals surface area contributed by atoms with Crippen LogP contribution in [0.1, 0.15) is 36.6 Å². The maximum absolute atomic E-state index is 12.6. The number of esters is 1. The van der Waals surface area contributed by atoms with E-state index in [4.69, 9.17) is 14.3 Å². The van der Waals surface area contributed by atoms with Crippen LogP contribution < -0.4 is 0 Å². The fourth-order valence-electron chi connectivity index (χ4n) is 2.76. The van der Waals surface area contributed by atoms with E-state index in [0.717, 1.165) is 6.92 Å². The lowest BCUT2D eigenvalue weighted by molar-refractivity contribution is -0.183. The number of nitrogens with zero attached hydrogens (tertiary/aromatic N) is 1. The summed E-state index contributed by atoms with van der Waals surface area (Å²) in [6.45, 7) is -5.75. The molecule has 0 aromatic heterocycles. The number of hydrogen-bond acceptors (Lipinski definition) is 6. The minimum Gasteiger partial charge on any atom is -0.459 e. The average Bonchev–Trinajstić information content (AvgIpc) is 3.12. The van der Waals surface area contributed by atoms with Crippen molar-refractivity contribution in [3.05, 3.63) is 11.6 Å². The molecule has 1 fully saturated rings. The molecule has 0 saturated carbocycles. The summed E-state index contributed by atoms with van der Waals surface area (Å²) in [6.07, 6.45) is -0.655. The Kier molecular flexibility index (Phi) is 3.63. The standard InChI is InChI=1S/C15H25NO5.ClH/c1-9(2)15(20,10(3)17)14(19)21-8-11-4-6-16-7-5-12(18)13(11)16;/h4,9-10,12-13,17-18,20H,5-8H2,1-3H3;1H/t10-,12-,13-,15+;/m1./s1/i1D3,2D3,9D;. The number of aliphatic hydroxyl groups is 3. The lowest BCUT2D eigenvalue weighted by Crippen LogP contribution is -2.53. The highest BCUT2D eigenvalue weighted by Gasteiger charge is 2.46. The summed E-state index contributed by atoms with van der Waals surface area (Å²) in [5.41, 5.74) is -3.03. The van der Waals surface area contributed by atoms with Gasteiger partial charge in [-0.25, -0.2) is 4.79 Å². The average molecular weight is 343 g/mol. The first-order valence-electron chi connectivity index (χ1n) is 10.3. The van der Waals surface area contributed by atoms with Gasteiger partial charge in [0, 0.05) is 22.7 Å². The molecule has 2 heterocycles. The molecule has 0 aliphatic carbocycles. The molecular weight excluding hydrogens is 310 g/mol. The van der Waals surface area contributed by atoms with Crippen LogP contribution in [0, 0.1) is 5.89 Å². The number of hydrogen-bond donors (Lipinski definition) is 3. The quantitative estimate of drug-likeness (QED) is 0.485. The monoisotopic (exact) mass is 342 g/mol. The van der Waals surface area contributed by atoms with Gasteiger partial charge in [0.2, 0.25) is 0 Å². The molecule has 7 heteroatoms. The predicted octanol–water partition coefficient (Wildman–Crippen LogP) is 0.0945. The van der Waals surface area contributed by atoms with Crippen molar-refractivity contribution in [2.24, 2.45) is 5.89 Å². The number of ether oxygens (including phenoxy) is 1. The normalized spacial score (nSPS) is 34.9.